The van der Waals surface area contributed by atoms with Crippen LogP contribution in [0.2, 0.25) is 0 Å². The largest absolute Gasteiger partial charge is 0.378 e. The van der Waals surface area contributed by atoms with Gasteiger partial charge in [-0.05, 0) is 31.9 Å². The molecule has 0 fully saturated rings. The predicted molar refractivity (Wildman–Crippen MR) is 101 cm³/mol. The van der Waals surface area contributed by atoms with Gasteiger partial charge >= 0.3 is 0 Å². The topological polar surface area (TPSA) is 20.3 Å². The molecular weight excluding hydrogens is 301 g/mol. The molecule has 23 heavy (non-hydrogen) atoms. The molecule has 3 heteroatoms. The van der Waals surface area contributed by atoms with Gasteiger partial charge in [-0.1, -0.05) is 66.7 Å². The van der Waals surface area contributed by atoms with Gasteiger partial charge in [0, 0.05) is 23.7 Å². The van der Waals surface area contributed by atoms with Crippen LogP contribution in [0.1, 0.15) is 13.8 Å². The summed E-state index contributed by atoms with van der Waals surface area (Å²) in [5.41, 5.74) is 0. The highest BCUT2D eigenvalue weighted by atomic mass is 31.2. The highest BCUT2D eigenvalue weighted by molar-refractivity contribution is 7.81. The maximum Gasteiger partial charge on any atom is 0.164 e. The Kier molecular flexibility index (Phi) is 6.43. The zero-order chi connectivity index (χ0) is 16.5. The molecule has 0 saturated heterocycles. The number of rotatable bonds is 7. The van der Waals surface area contributed by atoms with Gasteiger partial charge in [-0.25, -0.2) is 0 Å². The van der Waals surface area contributed by atoms with Gasteiger partial charge in [0.25, 0.3) is 0 Å². The lowest BCUT2D eigenvalue weighted by atomic mass is 10.4. The third-order valence-corrected chi connectivity index (χ3v) is 6.52. The first kappa shape index (κ1) is 17.3. The summed E-state index contributed by atoms with van der Waals surface area (Å²) < 4.78 is 13.7. The molecule has 0 aliphatic carbocycles. The summed E-state index contributed by atoms with van der Waals surface area (Å²) in [5.74, 6) is 1.84. The fourth-order valence-electron chi connectivity index (χ4n) is 2.40. The lowest BCUT2D eigenvalue weighted by Gasteiger charge is -2.15. The Morgan fingerprint density at radius 3 is 1.74 bits per heavy atom. The fourth-order valence-corrected chi connectivity index (χ4v) is 4.61. The van der Waals surface area contributed by atoms with E-state index < -0.39 is 7.14 Å². The number of hydrogen-bond donors (Lipinski definition) is 0. The van der Waals surface area contributed by atoms with E-state index >= 15 is 0 Å². The van der Waals surface area contributed by atoms with Gasteiger partial charge in [0.2, 0.25) is 0 Å². The minimum Gasteiger partial charge on any atom is -0.378 e. The highest BCUT2D eigenvalue weighted by Crippen LogP contribution is 2.44. The fraction of sp³-hybridized carbons (Fsp3) is 0.200. The monoisotopic (exact) mass is 325 g/mol. The van der Waals surface area contributed by atoms with Crippen LogP contribution >= 0.6 is 7.14 Å². The van der Waals surface area contributed by atoms with Crippen molar-refractivity contribution in [2.45, 2.75) is 13.8 Å². The molecule has 2 aromatic rings. The normalized spacial score (nSPS) is 12.1. The molecule has 0 heterocycles. The molecule has 120 valence electrons. The van der Waals surface area contributed by atoms with Crippen LogP contribution in [0.4, 0.5) is 0 Å². The first-order valence-corrected chi connectivity index (χ1v) is 9.79. The maximum absolute atomic E-state index is 13.7. The van der Waals surface area contributed by atoms with Crippen molar-refractivity contribution in [3.63, 3.8) is 0 Å². The van der Waals surface area contributed by atoms with Crippen molar-refractivity contribution in [1.29, 1.82) is 0 Å². The summed E-state index contributed by atoms with van der Waals surface area (Å²) in [7, 11) is -2.75. The van der Waals surface area contributed by atoms with Crippen LogP contribution in [-0.4, -0.2) is 18.0 Å². The van der Waals surface area contributed by atoms with Gasteiger partial charge in [0.1, 0.15) is 0 Å². The van der Waals surface area contributed by atoms with Gasteiger partial charge in [-0.2, -0.15) is 0 Å². The van der Waals surface area contributed by atoms with Crippen molar-refractivity contribution in [1.82, 2.24) is 4.90 Å². The number of hydrogen-bond acceptors (Lipinski definition) is 2. The van der Waals surface area contributed by atoms with Gasteiger partial charge in [-0.15, -0.1) is 0 Å². The van der Waals surface area contributed by atoms with E-state index in [0.717, 1.165) is 23.7 Å². The molecule has 0 aliphatic rings. The van der Waals surface area contributed by atoms with Crippen molar-refractivity contribution in [3.8, 4) is 0 Å². The van der Waals surface area contributed by atoms with Gasteiger partial charge in [-0.3, -0.25) is 0 Å². The van der Waals surface area contributed by atoms with Crippen LogP contribution < -0.4 is 10.6 Å². The highest BCUT2D eigenvalue weighted by Gasteiger charge is 2.23. The minimum absolute atomic E-state index is 0.860. The molecule has 0 aromatic heterocycles. The standard InChI is InChI=1S/C20H24NOP/c1-3-21(4-2)17-11-12-18-23(22,19-13-7-5-8-14-19)20-15-9-6-10-16-20/h5-18H,3-4H2,1-2H3. The molecule has 0 aliphatic heterocycles. The Hall–Kier alpha value is -2.05. The molecule has 0 atom stereocenters. The van der Waals surface area contributed by atoms with E-state index in [-0.39, 0.29) is 0 Å². The minimum atomic E-state index is -2.75. The molecule has 0 radical (unpaired) electrons. The molecule has 0 amide bonds. The van der Waals surface area contributed by atoms with Crippen molar-refractivity contribution in [2.75, 3.05) is 13.1 Å². The summed E-state index contributed by atoms with van der Waals surface area (Å²) in [6.07, 6.45) is 5.90. The van der Waals surface area contributed by atoms with Crippen LogP contribution in [0, 0.1) is 0 Å². The summed E-state index contributed by atoms with van der Waals surface area (Å²) in [4.78, 5) is 2.19. The first-order chi connectivity index (χ1) is 11.2. The SMILES string of the molecule is CCN(C=CC=CP(=O)(c1ccccc1)c1ccccc1)CC. The zero-order valence-corrected chi connectivity index (χ0v) is 14.7. The van der Waals surface area contributed by atoms with Gasteiger partial charge in [0.05, 0.1) is 0 Å². The Bertz CT molecular complexity index is 645. The van der Waals surface area contributed by atoms with E-state index in [4.69, 9.17) is 0 Å². The van der Waals surface area contributed by atoms with E-state index in [2.05, 4.69) is 18.7 Å². The average molecular weight is 325 g/mol. The Morgan fingerprint density at radius 2 is 1.30 bits per heavy atom. The summed E-state index contributed by atoms with van der Waals surface area (Å²) in [6.45, 7) is 6.18. The second-order valence-corrected chi connectivity index (χ2v) is 7.88. The lowest BCUT2D eigenvalue weighted by molar-refractivity contribution is 0.419. The van der Waals surface area contributed by atoms with Crippen molar-refractivity contribution in [3.05, 3.63) is 84.8 Å². The second kappa shape index (κ2) is 8.55. The third kappa shape index (κ3) is 4.46. The molecule has 0 bridgehead atoms. The van der Waals surface area contributed by atoms with Crippen molar-refractivity contribution >= 4 is 17.8 Å². The van der Waals surface area contributed by atoms with E-state index in [1.807, 2.05) is 84.8 Å². The average Bonchev–Trinajstić information content (AvgIpc) is 2.63. The Morgan fingerprint density at radius 1 is 0.826 bits per heavy atom. The molecule has 0 spiro atoms. The number of allylic oxidation sites excluding steroid dienone is 2. The Balaban J connectivity index is 2.34. The van der Waals surface area contributed by atoms with Crippen molar-refractivity contribution < 1.29 is 4.57 Å². The summed E-state index contributed by atoms with van der Waals surface area (Å²) >= 11 is 0. The summed E-state index contributed by atoms with van der Waals surface area (Å²) in [5, 5.41) is 1.72. The smallest absolute Gasteiger partial charge is 0.164 e. The van der Waals surface area contributed by atoms with Gasteiger partial charge < -0.3 is 9.46 Å². The molecule has 2 rings (SSSR count). The molecule has 0 unspecified atom stereocenters. The van der Waals surface area contributed by atoms with E-state index in [1.54, 1.807) is 0 Å². The first-order valence-electron chi connectivity index (χ1n) is 8.01. The second-order valence-electron chi connectivity index (χ2n) is 5.23. The van der Waals surface area contributed by atoms with Crippen LogP contribution in [0.5, 0.6) is 0 Å². The van der Waals surface area contributed by atoms with E-state index in [9.17, 15) is 4.57 Å². The van der Waals surface area contributed by atoms with E-state index in [1.165, 1.54) is 0 Å². The van der Waals surface area contributed by atoms with E-state index in [0.29, 0.717) is 0 Å². The van der Waals surface area contributed by atoms with Crippen LogP contribution in [0.3, 0.4) is 0 Å². The molecule has 0 N–H and O–H groups in total. The van der Waals surface area contributed by atoms with Crippen LogP contribution in [0.15, 0.2) is 84.8 Å². The molecule has 0 saturated carbocycles. The number of nitrogens with zero attached hydrogens (tertiary/aromatic N) is 1. The summed E-state index contributed by atoms with van der Waals surface area (Å²) in [6, 6.07) is 19.4. The molecule has 2 nitrogen and oxygen atoms in total. The van der Waals surface area contributed by atoms with Crippen molar-refractivity contribution in [2.24, 2.45) is 0 Å². The number of benzene rings is 2. The van der Waals surface area contributed by atoms with Crippen LogP contribution in [0.25, 0.3) is 0 Å². The quantitative estimate of drug-likeness (QED) is 0.556. The molecule has 2 aromatic carbocycles. The zero-order valence-electron chi connectivity index (χ0n) is 13.8. The third-order valence-electron chi connectivity index (χ3n) is 3.80. The lowest BCUT2D eigenvalue weighted by Crippen LogP contribution is -2.15. The Labute approximate surface area is 139 Å². The molecular formula is C20H24NOP. The maximum atomic E-state index is 13.7. The van der Waals surface area contributed by atoms with Crippen LogP contribution in [-0.2, 0) is 4.57 Å². The van der Waals surface area contributed by atoms with Gasteiger partial charge in [0.15, 0.2) is 7.14 Å². The predicted octanol–water partition coefficient (Wildman–Crippen LogP) is 4.37.